The number of aliphatic hydroxyl groups excluding tert-OH is 1. The highest BCUT2D eigenvalue weighted by atomic mass is 79.9. The number of ether oxygens (including phenoxy) is 3. The molecule has 5 rings (SSSR count). The van der Waals surface area contributed by atoms with Crippen LogP contribution in [0.25, 0.3) is 0 Å². The van der Waals surface area contributed by atoms with E-state index in [-0.39, 0.29) is 12.5 Å². The molecule has 4 aromatic rings. The van der Waals surface area contributed by atoms with Gasteiger partial charge in [-0.05, 0) is 77.4 Å². The predicted octanol–water partition coefficient (Wildman–Crippen LogP) is 6.10. The van der Waals surface area contributed by atoms with E-state index in [1.807, 2.05) is 116 Å². The van der Waals surface area contributed by atoms with Gasteiger partial charge in [-0.25, -0.2) is 4.99 Å². The van der Waals surface area contributed by atoms with Gasteiger partial charge in [0.25, 0.3) is 5.91 Å². The predicted molar refractivity (Wildman–Crippen MR) is 180 cm³/mol. The maximum atomic E-state index is 14.5. The summed E-state index contributed by atoms with van der Waals surface area (Å²) >= 11 is 3.52. The summed E-state index contributed by atoms with van der Waals surface area (Å²) in [5.41, 5.74) is 3.18. The van der Waals surface area contributed by atoms with Crippen molar-refractivity contribution < 1.29 is 24.1 Å². The average Bonchev–Trinajstić information content (AvgIpc) is 3.45. The standard InChI is InChI=1S/C36H38BrN3O5/c1-40(2)30-16-10-26(11-17-30)24-38-35(42)36(23-25-8-14-29(37)15-9-25)33(28-6-4-7-32(22-28)43-3)45-34(39-36)27-12-18-31(19-13-27)44-21-5-20-41/h4,6-19,22,33,41H,5,20-21,23-24H2,1-3H3,(H,38,42)/t33-,36-/m1/s1. The van der Waals surface area contributed by atoms with Crippen LogP contribution >= 0.6 is 15.9 Å². The monoisotopic (exact) mass is 671 g/mol. The minimum Gasteiger partial charge on any atom is -0.497 e. The van der Waals surface area contributed by atoms with E-state index in [9.17, 15) is 4.79 Å². The highest BCUT2D eigenvalue weighted by Gasteiger charge is 2.53. The molecule has 234 valence electrons. The van der Waals surface area contributed by atoms with Crippen molar-refractivity contribution in [2.45, 2.75) is 31.0 Å². The van der Waals surface area contributed by atoms with Crippen molar-refractivity contribution in [1.82, 2.24) is 5.32 Å². The first-order valence-corrected chi connectivity index (χ1v) is 15.6. The summed E-state index contributed by atoms with van der Waals surface area (Å²) in [7, 11) is 5.61. The molecule has 0 bridgehead atoms. The fourth-order valence-corrected chi connectivity index (χ4v) is 5.51. The van der Waals surface area contributed by atoms with Gasteiger partial charge in [0.15, 0.2) is 11.6 Å². The third-order valence-corrected chi connectivity index (χ3v) is 8.25. The Labute approximate surface area is 272 Å². The summed E-state index contributed by atoms with van der Waals surface area (Å²) < 4.78 is 18.8. The normalized spacial score (nSPS) is 17.3. The number of halogens is 1. The Hall–Kier alpha value is -4.34. The zero-order chi connectivity index (χ0) is 31.8. The molecule has 1 amide bonds. The van der Waals surface area contributed by atoms with E-state index >= 15 is 0 Å². The van der Waals surface area contributed by atoms with Crippen molar-refractivity contribution in [2.75, 3.05) is 39.3 Å². The van der Waals surface area contributed by atoms with Gasteiger partial charge in [-0.15, -0.1) is 0 Å². The second-order valence-electron chi connectivity index (χ2n) is 11.1. The second kappa shape index (κ2) is 14.6. The molecular weight excluding hydrogens is 634 g/mol. The zero-order valence-corrected chi connectivity index (χ0v) is 27.3. The van der Waals surface area contributed by atoms with Crippen LogP contribution in [0.3, 0.4) is 0 Å². The fraction of sp³-hybridized carbons (Fsp3) is 0.278. The molecule has 8 nitrogen and oxygen atoms in total. The fourth-order valence-electron chi connectivity index (χ4n) is 5.25. The Bertz CT molecular complexity index is 1610. The summed E-state index contributed by atoms with van der Waals surface area (Å²) in [4.78, 5) is 21.7. The Balaban J connectivity index is 1.54. The molecule has 1 aliphatic rings. The summed E-state index contributed by atoms with van der Waals surface area (Å²) in [6.45, 7) is 0.821. The molecule has 0 aliphatic carbocycles. The van der Waals surface area contributed by atoms with Crippen LogP contribution < -0.4 is 19.7 Å². The number of amides is 1. The topological polar surface area (TPSA) is 92.6 Å². The smallest absolute Gasteiger partial charge is 0.252 e. The largest absolute Gasteiger partial charge is 0.497 e. The van der Waals surface area contributed by atoms with E-state index in [0.29, 0.717) is 43.4 Å². The van der Waals surface area contributed by atoms with Crippen LogP contribution in [0.5, 0.6) is 11.5 Å². The first-order chi connectivity index (χ1) is 21.8. The van der Waals surface area contributed by atoms with Crippen molar-refractivity contribution in [1.29, 1.82) is 0 Å². The van der Waals surface area contributed by atoms with Crippen LogP contribution in [0, 0.1) is 0 Å². The van der Waals surface area contributed by atoms with Crippen LogP contribution in [0.15, 0.2) is 107 Å². The van der Waals surface area contributed by atoms with Gasteiger partial charge in [0.05, 0.1) is 13.7 Å². The molecule has 0 aromatic heterocycles. The molecule has 45 heavy (non-hydrogen) atoms. The lowest BCUT2D eigenvalue weighted by atomic mass is 9.82. The van der Waals surface area contributed by atoms with Gasteiger partial charge in [0, 0.05) is 55.8 Å². The number of methoxy groups -OCH3 is 1. The third-order valence-electron chi connectivity index (χ3n) is 7.72. The van der Waals surface area contributed by atoms with Gasteiger partial charge in [-0.3, -0.25) is 4.79 Å². The van der Waals surface area contributed by atoms with Crippen molar-refractivity contribution in [3.05, 3.63) is 124 Å². The lowest BCUT2D eigenvalue weighted by molar-refractivity contribution is -0.129. The summed E-state index contributed by atoms with van der Waals surface area (Å²) in [6.07, 6.45) is 0.120. The molecule has 4 aromatic carbocycles. The lowest BCUT2D eigenvalue weighted by Gasteiger charge is -2.31. The van der Waals surface area contributed by atoms with Gasteiger partial charge in [-0.2, -0.15) is 0 Å². The number of rotatable bonds is 13. The minimum atomic E-state index is -1.32. The molecule has 0 spiro atoms. The van der Waals surface area contributed by atoms with Crippen LogP contribution in [0.4, 0.5) is 5.69 Å². The highest BCUT2D eigenvalue weighted by molar-refractivity contribution is 9.10. The number of anilines is 1. The van der Waals surface area contributed by atoms with Crippen molar-refractivity contribution in [2.24, 2.45) is 4.99 Å². The number of aliphatic imine (C=N–C) groups is 1. The van der Waals surface area contributed by atoms with E-state index < -0.39 is 11.6 Å². The molecule has 2 atom stereocenters. The number of nitrogens with zero attached hydrogens (tertiary/aromatic N) is 2. The summed E-state index contributed by atoms with van der Waals surface area (Å²) in [6, 6.07) is 31.0. The number of carbonyl (C=O) groups excluding carboxylic acids is 1. The number of hydrogen-bond donors (Lipinski definition) is 2. The van der Waals surface area contributed by atoms with Gasteiger partial charge in [0.2, 0.25) is 5.90 Å². The van der Waals surface area contributed by atoms with Crippen molar-refractivity contribution in [3.63, 3.8) is 0 Å². The quantitative estimate of drug-likeness (QED) is 0.167. The lowest BCUT2D eigenvalue weighted by Crippen LogP contribution is -2.49. The van der Waals surface area contributed by atoms with Crippen molar-refractivity contribution >= 4 is 33.4 Å². The molecule has 0 saturated heterocycles. The highest BCUT2D eigenvalue weighted by Crippen LogP contribution is 2.43. The van der Waals surface area contributed by atoms with Crippen LogP contribution in [-0.2, 0) is 22.5 Å². The van der Waals surface area contributed by atoms with E-state index in [2.05, 4.69) is 21.2 Å². The van der Waals surface area contributed by atoms with E-state index in [4.69, 9.17) is 24.3 Å². The van der Waals surface area contributed by atoms with Crippen LogP contribution in [0.2, 0.25) is 0 Å². The molecule has 0 fully saturated rings. The Morgan fingerprint density at radius 3 is 2.36 bits per heavy atom. The van der Waals surface area contributed by atoms with Gasteiger partial charge >= 0.3 is 0 Å². The summed E-state index contributed by atoms with van der Waals surface area (Å²) in [5.74, 6) is 1.46. The molecule has 1 heterocycles. The minimum absolute atomic E-state index is 0.0678. The number of benzene rings is 4. The van der Waals surface area contributed by atoms with E-state index in [1.165, 1.54) is 0 Å². The molecule has 0 unspecified atom stereocenters. The van der Waals surface area contributed by atoms with E-state index in [1.54, 1.807) is 7.11 Å². The average molecular weight is 673 g/mol. The zero-order valence-electron chi connectivity index (χ0n) is 25.7. The molecular formula is C36H38BrN3O5. The molecule has 9 heteroatoms. The molecule has 0 radical (unpaired) electrons. The maximum Gasteiger partial charge on any atom is 0.252 e. The number of hydrogen-bond acceptors (Lipinski definition) is 7. The number of carbonyl (C=O) groups is 1. The Morgan fingerprint density at radius 1 is 0.978 bits per heavy atom. The SMILES string of the molecule is COc1cccc([C@H]2OC(c3ccc(OCCCO)cc3)=N[C@@]2(Cc2ccc(Br)cc2)C(=O)NCc2ccc(N(C)C)cc2)c1. The molecule has 1 aliphatic heterocycles. The van der Waals surface area contributed by atoms with Gasteiger partial charge in [-0.1, -0.05) is 52.3 Å². The van der Waals surface area contributed by atoms with Crippen molar-refractivity contribution in [3.8, 4) is 11.5 Å². The molecule has 0 saturated carbocycles. The first kappa shape index (κ1) is 32.1. The van der Waals surface area contributed by atoms with Crippen LogP contribution in [-0.4, -0.2) is 56.9 Å². The second-order valence-corrected chi connectivity index (χ2v) is 12.0. The first-order valence-electron chi connectivity index (χ1n) is 14.8. The number of aliphatic hydroxyl groups is 1. The maximum absolute atomic E-state index is 14.5. The van der Waals surface area contributed by atoms with E-state index in [0.717, 1.165) is 32.4 Å². The third kappa shape index (κ3) is 7.67. The summed E-state index contributed by atoms with van der Waals surface area (Å²) in [5, 5.41) is 12.3. The number of nitrogens with one attached hydrogen (secondary N) is 1. The van der Waals surface area contributed by atoms with Gasteiger partial charge < -0.3 is 29.5 Å². The Morgan fingerprint density at radius 2 is 1.69 bits per heavy atom. The Kier molecular flexibility index (Phi) is 10.4. The van der Waals surface area contributed by atoms with Gasteiger partial charge in [0.1, 0.15) is 11.5 Å². The molecule has 2 N–H and O–H groups in total. The van der Waals surface area contributed by atoms with Crippen LogP contribution in [0.1, 0.15) is 34.8 Å².